The summed E-state index contributed by atoms with van der Waals surface area (Å²) in [5.41, 5.74) is 10.1. The fourth-order valence-electron chi connectivity index (χ4n) is 2.34. The van der Waals surface area contributed by atoms with Gasteiger partial charge in [0, 0.05) is 32.4 Å². The van der Waals surface area contributed by atoms with Crippen molar-refractivity contribution in [2.75, 3.05) is 17.7 Å². The molecule has 0 radical (unpaired) electrons. The normalized spacial score (nSPS) is 11.2. The lowest BCUT2D eigenvalue weighted by atomic mass is 10.2. The summed E-state index contributed by atoms with van der Waals surface area (Å²) in [6, 6.07) is 4.07. The van der Waals surface area contributed by atoms with Crippen molar-refractivity contribution >= 4 is 32.9 Å². The van der Waals surface area contributed by atoms with Crippen LogP contribution < -0.4 is 10.6 Å². The standard InChI is InChI=1S/C14H17N5S/c1-9-17-12-5-13(11(15)4-14(12)20-9)18(2)7-10-6-16-19(3)8-10/h4-6,8H,7,15H2,1-3H3. The fraction of sp³-hybridized carbons (Fsp3) is 0.286. The lowest BCUT2D eigenvalue weighted by molar-refractivity contribution is 0.766. The number of hydrogen-bond donors (Lipinski definition) is 1. The number of nitrogens with two attached hydrogens (primary N) is 1. The van der Waals surface area contributed by atoms with Crippen LogP contribution in [0.15, 0.2) is 24.5 Å². The van der Waals surface area contributed by atoms with Crippen LogP contribution in [0.3, 0.4) is 0 Å². The van der Waals surface area contributed by atoms with Crippen molar-refractivity contribution in [1.82, 2.24) is 14.8 Å². The van der Waals surface area contributed by atoms with E-state index in [1.54, 1.807) is 16.0 Å². The van der Waals surface area contributed by atoms with Crippen molar-refractivity contribution in [3.05, 3.63) is 35.1 Å². The van der Waals surface area contributed by atoms with E-state index in [0.717, 1.165) is 38.7 Å². The van der Waals surface area contributed by atoms with Crippen LogP contribution in [0.4, 0.5) is 11.4 Å². The third-order valence-electron chi connectivity index (χ3n) is 3.23. The largest absolute Gasteiger partial charge is 0.397 e. The second kappa shape index (κ2) is 4.79. The number of hydrogen-bond acceptors (Lipinski definition) is 5. The number of aromatic nitrogens is 3. The molecule has 0 aliphatic heterocycles. The molecule has 2 N–H and O–H groups in total. The van der Waals surface area contributed by atoms with Crippen LogP contribution in [-0.2, 0) is 13.6 Å². The number of benzene rings is 1. The van der Waals surface area contributed by atoms with E-state index in [0.29, 0.717) is 0 Å². The minimum Gasteiger partial charge on any atom is -0.397 e. The van der Waals surface area contributed by atoms with Gasteiger partial charge in [0.2, 0.25) is 0 Å². The third-order valence-corrected chi connectivity index (χ3v) is 4.17. The van der Waals surface area contributed by atoms with Crippen LogP contribution in [0.2, 0.25) is 0 Å². The van der Waals surface area contributed by atoms with Crippen molar-refractivity contribution < 1.29 is 0 Å². The molecular formula is C14H17N5S. The van der Waals surface area contributed by atoms with Crippen LogP contribution in [0.1, 0.15) is 10.6 Å². The molecule has 0 atom stereocenters. The van der Waals surface area contributed by atoms with Gasteiger partial charge in [-0.15, -0.1) is 11.3 Å². The minimum absolute atomic E-state index is 0.771. The highest BCUT2D eigenvalue weighted by molar-refractivity contribution is 7.18. The Hall–Kier alpha value is -2.08. The molecule has 3 rings (SSSR count). The zero-order chi connectivity index (χ0) is 14.3. The Morgan fingerprint density at radius 2 is 2.20 bits per heavy atom. The van der Waals surface area contributed by atoms with Crippen molar-refractivity contribution in [3.63, 3.8) is 0 Å². The molecule has 0 saturated carbocycles. The third kappa shape index (κ3) is 2.34. The Balaban J connectivity index is 1.93. The molecule has 5 nitrogen and oxygen atoms in total. The van der Waals surface area contributed by atoms with Gasteiger partial charge >= 0.3 is 0 Å². The Morgan fingerprint density at radius 3 is 2.90 bits per heavy atom. The lowest BCUT2D eigenvalue weighted by Gasteiger charge is -2.20. The van der Waals surface area contributed by atoms with Gasteiger partial charge in [0.25, 0.3) is 0 Å². The average molecular weight is 287 g/mol. The smallest absolute Gasteiger partial charge is 0.0907 e. The highest BCUT2D eigenvalue weighted by Crippen LogP contribution is 2.32. The quantitative estimate of drug-likeness (QED) is 0.752. The van der Waals surface area contributed by atoms with E-state index in [1.807, 2.05) is 39.5 Å². The molecule has 2 aromatic heterocycles. The first-order valence-electron chi connectivity index (χ1n) is 6.38. The van der Waals surface area contributed by atoms with Gasteiger partial charge in [0.05, 0.1) is 32.8 Å². The Kier molecular flexibility index (Phi) is 3.10. The van der Waals surface area contributed by atoms with Gasteiger partial charge in [0.1, 0.15) is 0 Å². The first kappa shape index (κ1) is 12.9. The molecule has 0 fully saturated rings. The molecule has 20 heavy (non-hydrogen) atoms. The lowest BCUT2D eigenvalue weighted by Crippen LogP contribution is -2.17. The van der Waals surface area contributed by atoms with E-state index >= 15 is 0 Å². The molecule has 0 aliphatic carbocycles. The number of rotatable bonds is 3. The summed E-state index contributed by atoms with van der Waals surface area (Å²) in [6.07, 6.45) is 3.89. The molecule has 0 spiro atoms. The van der Waals surface area contributed by atoms with Gasteiger partial charge in [0.15, 0.2) is 0 Å². The average Bonchev–Trinajstić information content (AvgIpc) is 2.93. The monoisotopic (exact) mass is 287 g/mol. The van der Waals surface area contributed by atoms with Crippen molar-refractivity contribution in [1.29, 1.82) is 0 Å². The Bertz CT molecular complexity index is 758. The van der Waals surface area contributed by atoms with Gasteiger partial charge in [-0.2, -0.15) is 5.10 Å². The van der Waals surface area contributed by atoms with Crippen molar-refractivity contribution in [3.8, 4) is 0 Å². The molecule has 0 bridgehead atoms. The second-order valence-corrected chi connectivity index (χ2v) is 6.22. The maximum atomic E-state index is 6.17. The van der Waals surface area contributed by atoms with Crippen molar-refractivity contribution in [2.45, 2.75) is 13.5 Å². The molecule has 0 unspecified atom stereocenters. The molecule has 0 amide bonds. The molecule has 0 aliphatic rings. The maximum Gasteiger partial charge on any atom is 0.0907 e. The van der Waals surface area contributed by atoms with E-state index in [2.05, 4.69) is 21.0 Å². The van der Waals surface area contributed by atoms with E-state index in [4.69, 9.17) is 5.73 Å². The minimum atomic E-state index is 0.771. The van der Waals surface area contributed by atoms with Crippen LogP contribution >= 0.6 is 11.3 Å². The molecule has 104 valence electrons. The van der Waals surface area contributed by atoms with Gasteiger partial charge in [-0.25, -0.2) is 4.98 Å². The van der Waals surface area contributed by atoms with Crippen LogP contribution in [-0.4, -0.2) is 21.8 Å². The SMILES string of the molecule is Cc1nc2cc(N(C)Cc3cnn(C)c3)c(N)cc2s1. The number of nitrogen functional groups attached to an aromatic ring is 1. The van der Waals surface area contributed by atoms with Crippen LogP contribution in [0.25, 0.3) is 10.2 Å². The summed E-state index contributed by atoms with van der Waals surface area (Å²) in [6.45, 7) is 2.78. The first-order valence-corrected chi connectivity index (χ1v) is 7.20. The van der Waals surface area contributed by atoms with Crippen LogP contribution in [0.5, 0.6) is 0 Å². The summed E-state index contributed by atoms with van der Waals surface area (Å²) in [5, 5.41) is 5.25. The summed E-state index contributed by atoms with van der Waals surface area (Å²) >= 11 is 1.67. The van der Waals surface area contributed by atoms with E-state index < -0.39 is 0 Å². The fourth-order valence-corrected chi connectivity index (χ4v) is 3.19. The maximum absolute atomic E-state index is 6.17. The van der Waals surface area contributed by atoms with E-state index in [1.165, 1.54) is 0 Å². The number of thiazole rings is 1. The summed E-state index contributed by atoms with van der Waals surface area (Å²) in [4.78, 5) is 6.65. The molecule has 0 saturated heterocycles. The zero-order valence-corrected chi connectivity index (χ0v) is 12.6. The topological polar surface area (TPSA) is 60.0 Å². The van der Waals surface area contributed by atoms with Crippen LogP contribution in [0, 0.1) is 6.92 Å². The van der Waals surface area contributed by atoms with E-state index in [9.17, 15) is 0 Å². The number of aryl methyl sites for hydroxylation is 2. The molecule has 6 heteroatoms. The predicted octanol–water partition coefficient (Wildman–Crippen LogP) is 2.56. The molecule has 2 heterocycles. The Labute approximate surface area is 121 Å². The molecule has 3 aromatic rings. The molecular weight excluding hydrogens is 270 g/mol. The van der Waals surface area contributed by atoms with Crippen molar-refractivity contribution in [2.24, 2.45) is 7.05 Å². The van der Waals surface area contributed by atoms with Gasteiger partial charge in [-0.3, -0.25) is 4.68 Å². The number of fused-ring (bicyclic) bond motifs is 1. The molecule has 1 aromatic carbocycles. The van der Waals surface area contributed by atoms with Gasteiger partial charge in [-0.1, -0.05) is 0 Å². The number of anilines is 2. The summed E-state index contributed by atoms with van der Waals surface area (Å²) < 4.78 is 2.94. The van der Waals surface area contributed by atoms with Gasteiger partial charge in [-0.05, 0) is 19.1 Å². The first-order chi connectivity index (χ1) is 9.52. The number of nitrogens with zero attached hydrogens (tertiary/aromatic N) is 4. The van der Waals surface area contributed by atoms with Gasteiger partial charge < -0.3 is 10.6 Å². The summed E-state index contributed by atoms with van der Waals surface area (Å²) in [7, 11) is 3.95. The predicted molar refractivity (Wildman–Crippen MR) is 84.1 cm³/mol. The Morgan fingerprint density at radius 1 is 1.40 bits per heavy atom. The summed E-state index contributed by atoms with van der Waals surface area (Å²) in [5.74, 6) is 0. The second-order valence-electron chi connectivity index (χ2n) is 4.99. The highest BCUT2D eigenvalue weighted by Gasteiger charge is 2.11. The zero-order valence-electron chi connectivity index (χ0n) is 11.8. The van der Waals surface area contributed by atoms with E-state index in [-0.39, 0.29) is 0 Å². The highest BCUT2D eigenvalue weighted by atomic mass is 32.1.